The second kappa shape index (κ2) is 7.27. The summed E-state index contributed by atoms with van der Waals surface area (Å²) in [5.74, 6) is -6.39. The Morgan fingerprint density at radius 3 is 2.56 bits per heavy atom. The first-order valence-corrected chi connectivity index (χ1v) is 11.1. The van der Waals surface area contributed by atoms with Crippen molar-refractivity contribution in [3.05, 3.63) is 83.7 Å². The number of hydrogen-bond donors (Lipinski definition) is 0. The molecule has 2 aromatic carbocycles. The SMILES string of the molecule is [2H]C([2H])([2H])C([2H])(C)C1(C([2H])(C([2H])([2H])[2H])C([2H])([2H])[2H])c2ccccc2-c2cc3c(nc21)oc1c(-c2cccc[n+]2C)c(C)ccc13. The molecule has 3 heterocycles. The summed E-state index contributed by atoms with van der Waals surface area (Å²) >= 11 is 0. The summed E-state index contributed by atoms with van der Waals surface area (Å²) in [7, 11) is 1.90. The van der Waals surface area contributed by atoms with Gasteiger partial charge in [0.2, 0.25) is 11.4 Å². The van der Waals surface area contributed by atoms with Crippen LogP contribution in [0.15, 0.2) is 71.3 Å². The lowest BCUT2D eigenvalue weighted by atomic mass is 9.64. The quantitative estimate of drug-likeness (QED) is 0.264. The van der Waals surface area contributed by atoms with E-state index in [2.05, 4.69) is 0 Å². The second-order valence-electron chi connectivity index (χ2n) is 8.97. The lowest BCUT2D eigenvalue weighted by molar-refractivity contribution is -0.660. The van der Waals surface area contributed by atoms with Gasteiger partial charge in [-0.1, -0.05) is 63.9 Å². The Hall–Kier alpha value is -3.46. The molecule has 6 rings (SSSR count). The van der Waals surface area contributed by atoms with Gasteiger partial charge in [-0.25, -0.2) is 9.55 Å². The first-order valence-electron chi connectivity index (χ1n) is 16.6. The van der Waals surface area contributed by atoms with Crippen LogP contribution in [0.1, 0.15) is 59.4 Å². The molecule has 0 spiro atoms. The monoisotopic (exact) mass is 458 g/mol. The summed E-state index contributed by atoms with van der Waals surface area (Å²) in [4.78, 5) is 4.76. The Morgan fingerprint density at radius 2 is 1.76 bits per heavy atom. The Bertz CT molecular complexity index is 1990. The molecular formula is C31H31N2O+. The molecule has 0 fully saturated rings. The van der Waals surface area contributed by atoms with Gasteiger partial charge in [0.25, 0.3) is 0 Å². The molecule has 0 aliphatic heterocycles. The van der Waals surface area contributed by atoms with Crippen molar-refractivity contribution in [3.8, 4) is 22.4 Å². The fourth-order valence-electron chi connectivity index (χ4n) is 5.45. The topological polar surface area (TPSA) is 29.9 Å². The van der Waals surface area contributed by atoms with E-state index < -0.39 is 37.8 Å². The minimum absolute atomic E-state index is 0.00569. The van der Waals surface area contributed by atoms with Gasteiger partial charge in [-0.3, -0.25) is 0 Å². The van der Waals surface area contributed by atoms with Gasteiger partial charge in [-0.15, -0.1) is 0 Å². The Labute approximate surface area is 216 Å². The molecule has 2 unspecified atom stereocenters. The predicted molar refractivity (Wildman–Crippen MR) is 139 cm³/mol. The standard InChI is InChI=1S/C31H31N2O/c1-18(2)31(19(3)4)25-12-8-7-11-21(25)23-17-24-22-15-14-20(5)27(26-13-9-10-16-33(26)6)28(22)34-30(24)32-29(23)31/h7-19H,1-6H3/q+1/i1D3,2D3,3D3,18D,19D. The van der Waals surface area contributed by atoms with Crippen LogP contribution in [0.4, 0.5) is 0 Å². The van der Waals surface area contributed by atoms with Gasteiger partial charge >= 0.3 is 0 Å². The third-order valence-electron chi connectivity index (χ3n) is 7.07. The fraction of sp³-hybridized carbons (Fsp3) is 0.290. The summed E-state index contributed by atoms with van der Waals surface area (Å²) in [5, 5.41) is 1.22. The zero-order valence-corrected chi connectivity index (χ0v) is 19.2. The minimum atomic E-state index is -3.59. The second-order valence-corrected chi connectivity index (χ2v) is 8.97. The molecule has 0 saturated carbocycles. The summed E-state index contributed by atoms with van der Waals surface area (Å²) in [6.07, 6.45) is 1.90. The van der Waals surface area contributed by atoms with Gasteiger partial charge in [0.1, 0.15) is 7.05 Å². The fourth-order valence-corrected chi connectivity index (χ4v) is 5.45. The number of aromatic nitrogens is 2. The molecule has 0 radical (unpaired) electrons. The van der Waals surface area contributed by atoms with Gasteiger partial charge in [-0.2, -0.15) is 0 Å². The molecular weight excluding hydrogens is 416 g/mol. The highest BCUT2D eigenvalue weighted by Gasteiger charge is 2.49. The Kier molecular flexibility index (Phi) is 2.63. The third kappa shape index (κ3) is 2.58. The van der Waals surface area contributed by atoms with Crippen LogP contribution >= 0.6 is 0 Å². The summed E-state index contributed by atoms with van der Waals surface area (Å²) in [6, 6.07) is 17.4. The lowest BCUT2D eigenvalue weighted by Gasteiger charge is -2.39. The highest BCUT2D eigenvalue weighted by atomic mass is 16.3. The molecule has 0 amide bonds. The molecule has 5 aromatic rings. The molecule has 0 saturated heterocycles. The number of fused-ring (bicyclic) bond motifs is 6. The Balaban J connectivity index is 1.84. The number of rotatable bonds is 3. The van der Waals surface area contributed by atoms with E-state index in [1.54, 1.807) is 18.2 Å². The maximum absolute atomic E-state index is 9.51. The molecule has 3 nitrogen and oxygen atoms in total. The first kappa shape index (κ1) is 12.3. The van der Waals surface area contributed by atoms with Crippen molar-refractivity contribution in [2.45, 2.75) is 39.8 Å². The van der Waals surface area contributed by atoms with Gasteiger partial charge in [0, 0.05) is 49.0 Å². The number of hydrogen-bond acceptors (Lipinski definition) is 2. The number of nitrogens with zero attached hydrogens (tertiary/aromatic N) is 2. The molecule has 170 valence electrons. The zero-order chi connectivity index (χ0) is 33.1. The molecule has 3 heteroatoms. The maximum Gasteiger partial charge on any atom is 0.227 e. The predicted octanol–water partition coefficient (Wildman–Crippen LogP) is 7.36. The summed E-state index contributed by atoms with van der Waals surface area (Å²) in [6.45, 7) is -7.50. The van der Waals surface area contributed by atoms with Crippen molar-refractivity contribution in [2.24, 2.45) is 18.8 Å². The van der Waals surface area contributed by atoms with Crippen LogP contribution in [-0.4, -0.2) is 4.98 Å². The summed E-state index contributed by atoms with van der Waals surface area (Å²) < 4.78 is 104. The average molecular weight is 459 g/mol. The zero-order valence-electron chi connectivity index (χ0n) is 30.2. The van der Waals surface area contributed by atoms with Crippen molar-refractivity contribution in [3.63, 3.8) is 0 Å². The van der Waals surface area contributed by atoms with Crippen LogP contribution in [-0.2, 0) is 12.5 Å². The maximum atomic E-state index is 9.51. The minimum Gasteiger partial charge on any atom is -0.437 e. The highest BCUT2D eigenvalue weighted by Crippen LogP contribution is 2.56. The molecule has 0 N–H and O–H groups in total. The molecule has 3 aromatic heterocycles. The number of benzene rings is 2. The van der Waals surface area contributed by atoms with E-state index in [1.807, 2.05) is 55.1 Å². The van der Waals surface area contributed by atoms with Crippen LogP contribution in [0.2, 0.25) is 0 Å². The highest BCUT2D eigenvalue weighted by molar-refractivity contribution is 6.10. The van der Waals surface area contributed by atoms with Crippen molar-refractivity contribution < 1.29 is 24.1 Å². The van der Waals surface area contributed by atoms with Crippen LogP contribution in [0.5, 0.6) is 0 Å². The van der Waals surface area contributed by atoms with E-state index in [1.165, 1.54) is 12.1 Å². The summed E-state index contributed by atoms with van der Waals surface area (Å²) in [5.41, 5.74) is 0.449. The van der Waals surface area contributed by atoms with Crippen LogP contribution < -0.4 is 4.57 Å². The smallest absolute Gasteiger partial charge is 0.227 e. The van der Waals surface area contributed by atoms with E-state index in [0.29, 0.717) is 21.9 Å². The van der Waals surface area contributed by atoms with Gasteiger partial charge < -0.3 is 4.42 Å². The number of furan rings is 1. The number of pyridine rings is 2. The molecule has 2 atom stereocenters. The van der Waals surface area contributed by atoms with Gasteiger partial charge in [0.05, 0.1) is 11.3 Å². The molecule has 1 aliphatic rings. The van der Waals surface area contributed by atoms with Crippen LogP contribution in [0.25, 0.3) is 44.5 Å². The molecule has 1 aliphatic carbocycles. The average Bonchev–Trinajstić information content (AvgIpc) is 3.43. The van der Waals surface area contributed by atoms with Gasteiger partial charge in [-0.05, 0) is 47.5 Å². The lowest BCUT2D eigenvalue weighted by Crippen LogP contribution is -2.38. The first-order chi connectivity index (χ1) is 20.7. The van der Waals surface area contributed by atoms with E-state index in [-0.39, 0.29) is 22.5 Å². The number of aryl methyl sites for hydroxylation is 2. The largest absolute Gasteiger partial charge is 0.437 e. The van der Waals surface area contributed by atoms with Gasteiger partial charge in [0.15, 0.2) is 11.8 Å². The van der Waals surface area contributed by atoms with E-state index >= 15 is 0 Å². The normalized spacial score (nSPS) is 25.1. The van der Waals surface area contributed by atoms with Crippen molar-refractivity contribution in [2.75, 3.05) is 0 Å². The van der Waals surface area contributed by atoms with E-state index in [9.17, 15) is 2.74 Å². The van der Waals surface area contributed by atoms with Crippen LogP contribution in [0, 0.1) is 18.7 Å². The van der Waals surface area contributed by atoms with Crippen molar-refractivity contribution in [1.29, 1.82) is 0 Å². The van der Waals surface area contributed by atoms with Crippen LogP contribution in [0.3, 0.4) is 0 Å². The van der Waals surface area contributed by atoms with E-state index in [4.69, 9.17) is 21.7 Å². The molecule has 0 bridgehead atoms. The molecule has 34 heavy (non-hydrogen) atoms. The van der Waals surface area contributed by atoms with E-state index in [0.717, 1.165) is 23.7 Å². The van der Waals surface area contributed by atoms with Crippen molar-refractivity contribution >= 4 is 22.1 Å². The van der Waals surface area contributed by atoms with Crippen molar-refractivity contribution in [1.82, 2.24) is 4.98 Å². The Morgan fingerprint density at radius 1 is 0.971 bits per heavy atom. The third-order valence-corrected chi connectivity index (χ3v) is 7.07.